The Hall–Kier alpha value is -3.09. The van der Waals surface area contributed by atoms with E-state index < -0.39 is 82.7 Å². The third-order valence-corrected chi connectivity index (χ3v) is 12.4. The molecule has 1 N–H and O–H groups in total. The van der Waals surface area contributed by atoms with Crippen molar-refractivity contribution in [3.05, 3.63) is 118 Å². The Kier molecular flexibility index (Phi) is 16.9. The van der Waals surface area contributed by atoms with E-state index in [1.54, 1.807) is 0 Å². The fourth-order valence-electron chi connectivity index (χ4n) is 8.64. The average Bonchev–Trinajstić information content (AvgIpc) is 3.61. The van der Waals surface area contributed by atoms with Crippen molar-refractivity contribution in [3.63, 3.8) is 0 Å². The molecule has 4 aliphatic heterocycles. The zero-order chi connectivity index (χ0) is 45.4. The summed E-state index contributed by atoms with van der Waals surface area (Å²) in [6.07, 6.45) is -7.44. The van der Waals surface area contributed by atoms with E-state index in [0.29, 0.717) is 13.2 Å². The molecular weight excluding hydrogens is 891 g/mol. The Bertz CT molecular complexity index is 1980. The van der Waals surface area contributed by atoms with E-state index in [2.05, 4.69) is 10.0 Å². The largest absolute Gasteiger partial charge is 0.445 e. The molecule has 3 aromatic rings. The van der Waals surface area contributed by atoms with Crippen molar-refractivity contribution in [1.82, 2.24) is 0 Å². The van der Waals surface area contributed by atoms with Gasteiger partial charge in [0.05, 0.1) is 64.0 Å². The smallest absolute Gasteiger partial charge is 0.265 e. The van der Waals surface area contributed by atoms with Gasteiger partial charge in [-0.25, -0.2) is 0 Å². The molecule has 4 heterocycles. The lowest BCUT2D eigenvalue weighted by Crippen LogP contribution is -2.61. The molecule has 0 radical (unpaired) electrons. The zero-order valence-corrected chi connectivity index (χ0v) is 38.7. The summed E-state index contributed by atoms with van der Waals surface area (Å²) in [7, 11) is 0. The Morgan fingerprint density at radius 2 is 1.33 bits per heavy atom. The van der Waals surface area contributed by atoms with Crippen LogP contribution in [0.3, 0.4) is 0 Å². The molecule has 0 aliphatic carbocycles. The Balaban J connectivity index is 1.04. The Morgan fingerprint density at radius 3 is 1.94 bits per heavy atom. The first-order chi connectivity index (χ1) is 30.7. The number of ether oxygens (including phenoxy) is 11. The number of benzene rings is 3. The normalized spacial score (nSPS) is 33.8. The van der Waals surface area contributed by atoms with Crippen molar-refractivity contribution in [2.45, 2.75) is 138 Å². The SMILES string of the molecule is CC1C(OCc2ccccc2)[C@@H](OCc2ccccc2)CO[C@H]1O[C@@H]1C2OC(C)(C)OC2[C@H](COC2C(C)[C@@H](N=[N+]=[N-])C(COCc3ccccc3)O[C@H]2OC(=N)C(Cl)(Cl)Cl)O[C@H]1C. The first kappa shape index (κ1) is 48.8. The van der Waals surface area contributed by atoms with Crippen molar-refractivity contribution in [1.29, 1.82) is 5.41 Å². The standard InChI is InChI=1S/C46H57Cl3N4O11/c1-27-36(52-53-51)33(24-54-21-30-15-9-6-10-16-30)60-43(62-44(50)46(47,48)49)38(27)57-26-35-40-41(64-45(4,5)63-40)39(29(3)59-35)61-42-28(2)37(56-23-32-19-13-8-14-20-32)34(25-58-42)55-22-31-17-11-7-12-18-31/h6-20,27-29,33-43,50H,21-26H2,1-5H3/t27?,28?,29-,33?,34-,35-,36+,37?,38?,39-,40?,41?,42-,43-/m0/s1. The van der Waals surface area contributed by atoms with Crippen LogP contribution in [0.25, 0.3) is 10.4 Å². The van der Waals surface area contributed by atoms with Crippen LogP contribution in [0.4, 0.5) is 0 Å². The molecule has 7 unspecified atom stereocenters. The molecule has 0 saturated carbocycles. The minimum absolute atomic E-state index is 0.0375. The molecule has 64 heavy (non-hydrogen) atoms. The number of nitrogens with zero attached hydrogens (tertiary/aromatic N) is 3. The second-order valence-corrected chi connectivity index (χ2v) is 19.3. The average molecular weight is 948 g/mol. The highest BCUT2D eigenvalue weighted by atomic mass is 35.6. The first-order valence-electron chi connectivity index (χ1n) is 21.5. The predicted molar refractivity (Wildman–Crippen MR) is 238 cm³/mol. The molecule has 7 rings (SSSR count). The third kappa shape index (κ3) is 12.5. The lowest BCUT2D eigenvalue weighted by atomic mass is 9.88. The maximum Gasteiger partial charge on any atom is 0.265 e. The van der Waals surface area contributed by atoms with Gasteiger partial charge in [-0.3, -0.25) is 5.41 Å². The molecule has 0 amide bonds. The summed E-state index contributed by atoms with van der Waals surface area (Å²) < 4.78 is 68.6. The molecule has 348 valence electrons. The van der Waals surface area contributed by atoms with Crippen LogP contribution in [0.2, 0.25) is 0 Å². The Labute approximate surface area is 389 Å². The first-order valence-corrected chi connectivity index (χ1v) is 22.7. The summed E-state index contributed by atoms with van der Waals surface area (Å²) >= 11 is 18.2. The van der Waals surface area contributed by atoms with E-state index in [0.717, 1.165) is 16.7 Å². The van der Waals surface area contributed by atoms with Crippen LogP contribution in [-0.4, -0.2) is 109 Å². The van der Waals surface area contributed by atoms with Crippen molar-refractivity contribution < 1.29 is 52.1 Å². The van der Waals surface area contributed by atoms with Gasteiger partial charge in [-0.1, -0.05) is 145 Å². The summed E-state index contributed by atoms with van der Waals surface area (Å²) in [5.41, 5.74) is 12.7. The van der Waals surface area contributed by atoms with Gasteiger partial charge in [0.1, 0.15) is 36.6 Å². The molecule has 0 aromatic heterocycles. The monoisotopic (exact) mass is 946 g/mol. The molecule has 18 heteroatoms. The number of alkyl halides is 3. The van der Waals surface area contributed by atoms with Crippen molar-refractivity contribution in [3.8, 4) is 0 Å². The molecule has 15 nitrogen and oxygen atoms in total. The summed E-state index contributed by atoms with van der Waals surface area (Å²) in [6.45, 7) is 10.8. The van der Waals surface area contributed by atoms with Gasteiger partial charge in [0.15, 0.2) is 12.1 Å². The van der Waals surface area contributed by atoms with Gasteiger partial charge in [0.2, 0.25) is 12.2 Å². The van der Waals surface area contributed by atoms with Crippen LogP contribution in [0.1, 0.15) is 51.3 Å². The van der Waals surface area contributed by atoms with E-state index in [-0.39, 0.29) is 44.6 Å². The van der Waals surface area contributed by atoms with E-state index in [9.17, 15) is 5.53 Å². The minimum atomic E-state index is -2.19. The zero-order valence-electron chi connectivity index (χ0n) is 36.5. The van der Waals surface area contributed by atoms with Crippen LogP contribution >= 0.6 is 34.8 Å². The molecule has 0 spiro atoms. The van der Waals surface area contributed by atoms with Crippen LogP contribution in [0.15, 0.2) is 96.1 Å². The second-order valence-electron chi connectivity index (χ2n) is 17.0. The van der Waals surface area contributed by atoms with Crippen LogP contribution in [0, 0.1) is 17.2 Å². The molecule has 14 atom stereocenters. The number of nitrogens with one attached hydrogen (secondary N) is 1. The van der Waals surface area contributed by atoms with Gasteiger partial charge >= 0.3 is 0 Å². The van der Waals surface area contributed by atoms with Gasteiger partial charge in [-0.15, -0.1) is 0 Å². The number of halogens is 3. The van der Waals surface area contributed by atoms with Crippen LogP contribution in [0.5, 0.6) is 0 Å². The summed E-state index contributed by atoms with van der Waals surface area (Å²) in [5.74, 6) is -2.46. The van der Waals surface area contributed by atoms with Crippen LogP contribution < -0.4 is 0 Å². The second kappa shape index (κ2) is 22.1. The minimum Gasteiger partial charge on any atom is -0.445 e. The van der Waals surface area contributed by atoms with Gasteiger partial charge in [0.25, 0.3) is 3.79 Å². The Morgan fingerprint density at radius 1 is 0.734 bits per heavy atom. The highest BCUT2D eigenvalue weighted by molar-refractivity contribution is 6.76. The van der Waals surface area contributed by atoms with Crippen molar-refractivity contribution >= 4 is 40.7 Å². The molecular formula is C46H57Cl3N4O11. The van der Waals surface area contributed by atoms with Crippen LogP contribution in [-0.2, 0) is 71.9 Å². The molecule has 4 fully saturated rings. The molecule has 3 aromatic carbocycles. The predicted octanol–water partition coefficient (Wildman–Crippen LogP) is 8.85. The topological polar surface area (TPSA) is 174 Å². The van der Waals surface area contributed by atoms with E-state index in [4.69, 9.17) is 92.3 Å². The molecule has 4 aliphatic rings. The maximum absolute atomic E-state index is 9.62. The summed E-state index contributed by atoms with van der Waals surface area (Å²) in [5, 5.41) is 12.5. The number of hydrogen-bond donors (Lipinski definition) is 1. The van der Waals surface area contributed by atoms with E-state index in [1.165, 1.54) is 0 Å². The lowest BCUT2D eigenvalue weighted by molar-refractivity contribution is -0.312. The van der Waals surface area contributed by atoms with Gasteiger partial charge in [-0.05, 0) is 48.9 Å². The molecule has 4 saturated heterocycles. The summed E-state index contributed by atoms with van der Waals surface area (Å²) in [4.78, 5) is 3.11. The highest BCUT2D eigenvalue weighted by Crippen LogP contribution is 2.42. The fraction of sp³-hybridized carbons (Fsp3) is 0.587. The van der Waals surface area contributed by atoms with Gasteiger partial charge in [-0.2, -0.15) is 0 Å². The van der Waals surface area contributed by atoms with Gasteiger partial charge in [0, 0.05) is 10.8 Å². The number of azide groups is 1. The fourth-order valence-corrected chi connectivity index (χ4v) is 8.78. The number of rotatable bonds is 17. The lowest BCUT2D eigenvalue weighted by Gasteiger charge is -2.47. The number of fused-ring (bicyclic) bond motifs is 1. The van der Waals surface area contributed by atoms with E-state index in [1.807, 2.05) is 126 Å². The molecule has 0 bridgehead atoms. The van der Waals surface area contributed by atoms with Crippen molar-refractivity contribution in [2.24, 2.45) is 17.0 Å². The number of hydrogen-bond acceptors (Lipinski definition) is 13. The summed E-state index contributed by atoms with van der Waals surface area (Å²) in [6, 6.07) is 28.8. The highest BCUT2D eigenvalue weighted by Gasteiger charge is 2.57. The maximum atomic E-state index is 9.62. The van der Waals surface area contributed by atoms with Gasteiger partial charge < -0.3 is 52.1 Å². The van der Waals surface area contributed by atoms with Crippen molar-refractivity contribution in [2.75, 3.05) is 19.8 Å². The van der Waals surface area contributed by atoms with E-state index >= 15 is 0 Å². The quantitative estimate of drug-likeness (QED) is 0.0342. The third-order valence-electron chi connectivity index (χ3n) is 11.9.